The van der Waals surface area contributed by atoms with Gasteiger partial charge in [0.05, 0.1) is 29.1 Å². The maximum atomic E-state index is 14.0. The second kappa shape index (κ2) is 11.1. The van der Waals surface area contributed by atoms with Crippen molar-refractivity contribution in [1.29, 1.82) is 0 Å². The number of hydrogen-bond donors (Lipinski definition) is 1. The van der Waals surface area contributed by atoms with Crippen molar-refractivity contribution in [3.8, 4) is 22.6 Å². The van der Waals surface area contributed by atoms with Crippen molar-refractivity contribution in [2.24, 2.45) is 0 Å². The van der Waals surface area contributed by atoms with Gasteiger partial charge in [-0.05, 0) is 67.8 Å². The molecule has 0 aromatic heterocycles. The Bertz CT molecular complexity index is 1770. The molecule has 1 amide bonds. The number of halogens is 1. The number of hydrogen-bond acceptors (Lipinski definition) is 6. The molecule has 4 aromatic carbocycles. The lowest BCUT2D eigenvalue weighted by Crippen LogP contribution is -2.52. The number of sulfone groups is 1. The first-order valence-electron chi connectivity index (χ1n) is 13.5. The van der Waals surface area contributed by atoms with E-state index in [0.29, 0.717) is 33.9 Å². The predicted octanol–water partition coefficient (Wildman–Crippen LogP) is 6.53. The van der Waals surface area contributed by atoms with Crippen LogP contribution in [-0.2, 0) is 27.0 Å². The summed E-state index contributed by atoms with van der Waals surface area (Å²) in [5.74, 6) is 0.137. The van der Waals surface area contributed by atoms with Crippen LogP contribution in [-0.4, -0.2) is 34.0 Å². The van der Waals surface area contributed by atoms with Gasteiger partial charge < -0.3 is 19.7 Å². The van der Waals surface area contributed by atoms with Crippen LogP contribution in [0, 0.1) is 12.7 Å². The van der Waals surface area contributed by atoms with Crippen LogP contribution in [0.4, 0.5) is 15.8 Å². The molecule has 1 aliphatic heterocycles. The number of amides is 1. The van der Waals surface area contributed by atoms with Crippen molar-refractivity contribution in [3.63, 3.8) is 0 Å². The summed E-state index contributed by atoms with van der Waals surface area (Å²) < 4.78 is 52.0. The van der Waals surface area contributed by atoms with Crippen molar-refractivity contribution < 1.29 is 27.1 Å². The summed E-state index contributed by atoms with van der Waals surface area (Å²) in [5, 5.41) is 3.33. The van der Waals surface area contributed by atoms with E-state index in [0.717, 1.165) is 16.8 Å². The number of nitrogens with one attached hydrogen (secondary N) is 1. The molecule has 0 fully saturated rings. The molecule has 0 spiro atoms. The van der Waals surface area contributed by atoms with Gasteiger partial charge in [0.2, 0.25) is 0 Å². The number of rotatable bonds is 8. The molecular formula is C33H33FN2O5S. The topological polar surface area (TPSA) is 84.9 Å². The summed E-state index contributed by atoms with van der Waals surface area (Å²) in [6.07, 6.45) is 0. The van der Waals surface area contributed by atoms with Crippen LogP contribution in [0.3, 0.4) is 0 Å². The van der Waals surface area contributed by atoms with Crippen molar-refractivity contribution in [2.75, 3.05) is 24.4 Å². The lowest BCUT2D eigenvalue weighted by molar-refractivity contribution is -0.121. The molecule has 0 saturated carbocycles. The van der Waals surface area contributed by atoms with Crippen LogP contribution < -0.4 is 19.7 Å². The smallest absolute Gasteiger partial charge is 0.251 e. The lowest BCUT2D eigenvalue weighted by Gasteiger charge is -2.39. The van der Waals surface area contributed by atoms with E-state index in [1.165, 1.54) is 19.2 Å². The van der Waals surface area contributed by atoms with Crippen molar-refractivity contribution in [1.82, 2.24) is 0 Å². The second-order valence-electron chi connectivity index (χ2n) is 10.9. The van der Waals surface area contributed by atoms with E-state index in [-0.39, 0.29) is 23.2 Å². The SMILES string of the molecule is COc1cc(CS(=O)(=O)c2ccccc2)ccc1-c1ccc2c(c1COc1cc(F)ccc1C)N(C)C(=O)C(C)(C)N2. The molecule has 0 aliphatic carbocycles. The van der Waals surface area contributed by atoms with E-state index < -0.39 is 21.2 Å². The maximum absolute atomic E-state index is 14.0. The zero-order valence-electron chi connectivity index (χ0n) is 24.2. The zero-order valence-corrected chi connectivity index (χ0v) is 25.0. The monoisotopic (exact) mass is 588 g/mol. The van der Waals surface area contributed by atoms with Gasteiger partial charge in [-0.2, -0.15) is 0 Å². The molecule has 1 aliphatic rings. The number of nitrogens with zero attached hydrogens (tertiary/aromatic N) is 1. The average molecular weight is 589 g/mol. The quantitative estimate of drug-likeness (QED) is 0.252. The van der Waals surface area contributed by atoms with E-state index in [1.807, 2.05) is 39.0 Å². The third-order valence-electron chi connectivity index (χ3n) is 7.44. The van der Waals surface area contributed by atoms with Gasteiger partial charge in [0, 0.05) is 24.2 Å². The van der Waals surface area contributed by atoms with Crippen LogP contribution in [0.5, 0.6) is 11.5 Å². The molecule has 5 rings (SSSR count). The number of benzene rings is 4. The average Bonchev–Trinajstić information content (AvgIpc) is 2.96. The number of likely N-dealkylation sites (N-methyl/N-ethyl adjacent to an activating group) is 1. The minimum Gasteiger partial charge on any atom is -0.496 e. The van der Waals surface area contributed by atoms with Gasteiger partial charge in [-0.25, -0.2) is 12.8 Å². The normalized spacial score (nSPS) is 14.2. The number of anilines is 2. The molecule has 0 saturated heterocycles. The Kier molecular flexibility index (Phi) is 7.72. The summed E-state index contributed by atoms with van der Waals surface area (Å²) in [7, 11) is -0.318. The van der Waals surface area contributed by atoms with Crippen LogP contribution in [0.1, 0.15) is 30.5 Å². The first kappa shape index (κ1) is 29.1. The van der Waals surface area contributed by atoms with Gasteiger partial charge in [-0.3, -0.25) is 4.79 Å². The molecule has 218 valence electrons. The highest BCUT2D eigenvalue weighted by atomic mass is 32.2. The second-order valence-corrected chi connectivity index (χ2v) is 12.9. The molecule has 7 nitrogen and oxygen atoms in total. The first-order chi connectivity index (χ1) is 19.9. The largest absolute Gasteiger partial charge is 0.496 e. The van der Waals surface area contributed by atoms with Crippen LogP contribution in [0.15, 0.2) is 83.8 Å². The molecule has 0 unspecified atom stereocenters. The van der Waals surface area contributed by atoms with Crippen LogP contribution >= 0.6 is 0 Å². The summed E-state index contributed by atoms with van der Waals surface area (Å²) in [6, 6.07) is 21.8. The van der Waals surface area contributed by atoms with E-state index in [2.05, 4.69) is 5.32 Å². The summed E-state index contributed by atoms with van der Waals surface area (Å²) in [5.41, 5.74) is 4.05. The molecule has 1 heterocycles. The highest BCUT2D eigenvalue weighted by molar-refractivity contribution is 7.90. The van der Waals surface area contributed by atoms with Crippen molar-refractivity contribution in [3.05, 3.63) is 101 Å². The van der Waals surface area contributed by atoms with Gasteiger partial charge in [0.1, 0.15) is 29.5 Å². The molecule has 1 N–H and O–H groups in total. The Hall–Kier alpha value is -4.37. The predicted molar refractivity (Wildman–Crippen MR) is 162 cm³/mol. The standard InChI is InChI=1S/C33H33FN2O5S/c1-21-11-13-23(34)18-29(21)41-19-27-25(15-16-28-31(27)36(4)32(37)33(2,3)35-28)26-14-12-22(17-30(26)40-5)20-42(38,39)24-9-7-6-8-10-24/h6-18,35H,19-20H2,1-5H3. The zero-order chi connectivity index (χ0) is 30.2. The molecule has 0 radical (unpaired) electrons. The van der Waals surface area contributed by atoms with Crippen LogP contribution in [0.2, 0.25) is 0 Å². The summed E-state index contributed by atoms with van der Waals surface area (Å²) >= 11 is 0. The molecule has 9 heteroatoms. The highest BCUT2D eigenvalue weighted by Crippen LogP contribution is 2.44. The maximum Gasteiger partial charge on any atom is 0.251 e. The van der Waals surface area contributed by atoms with Gasteiger partial charge >= 0.3 is 0 Å². The Labute approximate surface area is 245 Å². The number of ether oxygens (including phenoxy) is 2. The number of methoxy groups -OCH3 is 1. The third kappa shape index (κ3) is 5.56. The Morgan fingerprint density at radius 2 is 1.64 bits per heavy atom. The fourth-order valence-electron chi connectivity index (χ4n) is 5.29. The van der Waals surface area contributed by atoms with Crippen molar-refractivity contribution in [2.45, 2.75) is 43.6 Å². The Morgan fingerprint density at radius 1 is 0.929 bits per heavy atom. The van der Waals surface area contributed by atoms with E-state index in [1.54, 1.807) is 60.5 Å². The highest BCUT2D eigenvalue weighted by Gasteiger charge is 2.38. The lowest BCUT2D eigenvalue weighted by atomic mass is 9.91. The summed E-state index contributed by atoms with van der Waals surface area (Å²) in [4.78, 5) is 15.2. The van der Waals surface area contributed by atoms with E-state index >= 15 is 0 Å². The molecule has 0 bridgehead atoms. The fraction of sp³-hybridized carbons (Fsp3) is 0.242. The van der Waals surface area contributed by atoms with E-state index in [4.69, 9.17) is 9.47 Å². The van der Waals surface area contributed by atoms with Gasteiger partial charge in [-0.15, -0.1) is 0 Å². The molecule has 42 heavy (non-hydrogen) atoms. The molecule has 4 aromatic rings. The number of aryl methyl sites for hydroxylation is 1. The van der Waals surface area contributed by atoms with E-state index in [9.17, 15) is 17.6 Å². The van der Waals surface area contributed by atoms with Gasteiger partial charge in [0.15, 0.2) is 9.84 Å². The van der Waals surface area contributed by atoms with Gasteiger partial charge in [-0.1, -0.05) is 42.5 Å². The minimum absolute atomic E-state index is 0.0375. The molecular weight excluding hydrogens is 555 g/mol. The Balaban J connectivity index is 1.60. The fourth-order valence-corrected chi connectivity index (χ4v) is 6.64. The third-order valence-corrected chi connectivity index (χ3v) is 9.15. The van der Waals surface area contributed by atoms with Gasteiger partial charge in [0.25, 0.3) is 5.91 Å². The van der Waals surface area contributed by atoms with Crippen LogP contribution in [0.25, 0.3) is 11.1 Å². The number of carbonyl (C=O) groups is 1. The summed E-state index contributed by atoms with van der Waals surface area (Å²) in [6.45, 7) is 5.51. The molecule has 0 atom stereocenters. The first-order valence-corrected chi connectivity index (χ1v) is 15.1. The minimum atomic E-state index is -3.57. The number of carbonyl (C=O) groups excluding carboxylic acids is 1. The Morgan fingerprint density at radius 3 is 2.36 bits per heavy atom. The van der Waals surface area contributed by atoms with Crippen molar-refractivity contribution >= 4 is 27.1 Å². The number of fused-ring (bicyclic) bond motifs is 1.